The molecule has 0 radical (unpaired) electrons. The second-order valence-corrected chi connectivity index (χ2v) is 7.14. The third-order valence-corrected chi connectivity index (χ3v) is 5.54. The average Bonchev–Trinajstić information content (AvgIpc) is 2.41. The zero-order valence-electron chi connectivity index (χ0n) is 11.7. The molecule has 1 fully saturated rings. The lowest BCUT2D eigenvalue weighted by molar-refractivity contribution is -0.118. The van der Waals surface area contributed by atoms with Crippen molar-refractivity contribution in [1.82, 2.24) is 4.31 Å². The fourth-order valence-corrected chi connectivity index (χ4v) is 4.30. The lowest BCUT2D eigenvalue weighted by Crippen LogP contribution is -2.44. The van der Waals surface area contributed by atoms with E-state index in [4.69, 9.17) is 0 Å². The molecule has 1 atom stereocenters. The maximum absolute atomic E-state index is 13.3. The summed E-state index contributed by atoms with van der Waals surface area (Å²) in [5, 5.41) is 0. The van der Waals surface area contributed by atoms with Crippen LogP contribution in [0.3, 0.4) is 0 Å². The predicted octanol–water partition coefficient (Wildman–Crippen LogP) is 2.49. The Kier molecular flexibility index (Phi) is 4.73. The number of hydrogen-bond acceptors (Lipinski definition) is 3. The number of carbonyl (C=O) groups excluding carboxylic acids is 1. The number of piperidine rings is 1. The molecule has 0 aromatic heterocycles. The third kappa shape index (κ3) is 3.47. The number of nitrogens with zero attached hydrogens (tertiary/aromatic N) is 1. The molecule has 0 bridgehead atoms. The highest BCUT2D eigenvalue weighted by molar-refractivity contribution is 7.89. The van der Waals surface area contributed by atoms with Crippen LogP contribution in [0.4, 0.5) is 8.78 Å². The number of halogens is 2. The molecule has 1 unspecified atom stereocenters. The number of rotatable bonds is 4. The molecule has 116 valence electrons. The maximum atomic E-state index is 13.3. The van der Waals surface area contributed by atoms with Crippen molar-refractivity contribution >= 4 is 15.8 Å². The molecule has 1 aliphatic rings. The van der Waals surface area contributed by atoms with E-state index < -0.39 is 27.7 Å². The molecule has 0 aliphatic carbocycles. The van der Waals surface area contributed by atoms with Crippen LogP contribution in [-0.4, -0.2) is 31.1 Å². The van der Waals surface area contributed by atoms with Gasteiger partial charge in [-0.1, -0.05) is 6.42 Å². The highest BCUT2D eigenvalue weighted by Gasteiger charge is 2.34. The lowest BCUT2D eigenvalue weighted by atomic mass is 10.0. The van der Waals surface area contributed by atoms with Gasteiger partial charge in [-0.3, -0.25) is 4.79 Å². The molecule has 1 aromatic carbocycles. The van der Waals surface area contributed by atoms with Crippen molar-refractivity contribution in [3.8, 4) is 0 Å². The minimum atomic E-state index is -3.92. The first kappa shape index (κ1) is 16.0. The summed E-state index contributed by atoms with van der Waals surface area (Å²) in [4.78, 5) is 11.0. The van der Waals surface area contributed by atoms with Gasteiger partial charge in [0, 0.05) is 19.0 Å². The van der Waals surface area contributed by atoms with Gasteiger partial charge < -0.3 is 0 Å². The smallest absolute Gasteiger partial charge is 0.243 e. The zero-order valence-corrected chi connectivity index (χ0v) is 12.5. The Balaban J connectivity index is 2.35. The molecule has 21 heavy (non-hydrogen) atoms. The summed E-state index contributed by atoms with van der Waals surface area (Å²) in [6.07, 6.45) is 2.28. The Morgan fingerprint density at radius 3 is 2.62 bits per heavy atom. The van der Waals surface area contributed by atoms with E-state index in [1.54, 1.807) is 0 Å². The van der Waals surface area contributed by atoms with Crippen LogP contribution in [0.1, 0.15) is 32.6 Å². The summed E-state index contributed by atoms with van der Waals surface area (Å²) >= 11 is 0. The van der Waals surface area contributed by atoms with Gasteiger partial charge in [0.2, 0.25) is 10.0 Å². The molecule has 1 heterocycles. The predicted molar refractivity (Wildman–Crippen MR) is 73.2 cm³/mol. The second-order valence-electron chi connectivity index (χ2n) is 5.25. The van der Waals surface area contributed by atoms with Crippen LogP contribution in [0.5, 0.6) is 0 Å². The van der Waals surface area contributed by atoms with Crippen LogP contribution in [0.25, 0.3) is 0 Å². The molecule has 1 saturated heterocycles. The lowest BCUT2D eigenvalue weighted by Gasteiger charge is -2.34. The Labute approximate surface area is 122 Å². The van der Waals surface area contributed by atoms with Gasteiger partial charge in [-0.15, -0.1) is 0 Å². The second kappa shape index (κ2) is 6.19. The van der Waals surface area contributed by atoms with Crippen molar-refractivity contribution in [2.45, 2.75) is 43.5 Å². The van der Waals surface area contributed by atoms with E-state index in [0.29, 0.717) is 25.5 Å². The van der Waals surface area contributed by atoms with Crippen molar-refractivity contribution in [1.29, 1.82) is 0 Å². The molecular formula is C14H17F2NO3S. The zero-order chi connectivity index (χ0) is 15.6. The summed E-state index contributed by atoms with van der Waals surface area (Å²) in [5.74, 6) is -2.38. The highest BCUT2D eigenvalue weighted by Crippen LogP contribution is 2.27. The molecule has 4 nitrogen and oxygen atoms in total. The van der Waals surface area contributed by atoms with Gasteiger partial charge in [0.1, 0.15) is 5.78 Å². The van der Waals surface area contributed by atoms with E-state index in [9.17, 15) is 22.0 Å². The quantitative estimate of drug-likeness (QED) is 0.857. The van der Waals surface area contributed by atoms with Crippen LogP contribution in [0, 0.1) is 11.6 Å². The van der Waals surface area contributed by atoms with Crippen LogP contribution in [0.2, 0.25) is 0 Å². The first-order valence-corrected chi connectivity index (χ1v) is 8.22. The molecule has 2 rings (SSSR count). The number of sulfonamides is 1. The minimum Gasteiger partial charge on any atom is -0.300 e. The summed E-state index contributed by atoms with van der Waals surface area (Å²) in [6.45, 7) is 1.70. The Hall–Kier alpha value is -1.34. The SMILES string of the molecule is CC(=O)CC1CCCCN1S(=O)(=O)c1ccc(F)c(F)c1. The Bertz CT molecular complexity index is 646. The van der Waals surface area contributed by atoms with Crippen LogP contribution in [0.15, 0.2) is 23.1 Å². The molecule has 0 amide bonds. The van der Waals surface area contributed by atoms with Crippen molar-refractivity contribution in [3.63, 3.8) is 0 Å². The van der Waals surface area contributed by atoms with Gasteiger partial charge in [-0.25, -0.2) is 17.2 Å². The van der Waals surface area contributed by atoms with Gasteiger partial charge in [0.15, 0.2) is 11.6 Å². The van der Waals surface area contributed by atoms with E-state index in [1.807, 2.05) is 0 Å². The minimum absolute atomic E-state index is 0.0904. The number of carbonyl (C=O) groups is 1. The van der Waals surface area contributed by atoms with Crippen LogP contribution in [-0.2, 0) is 14.8 Å². The largest absolute Gasteiger partial charge is 0.300 e. The molecule has 1 aromatic rings. The standard InChI is InChI=1S/C14H17F2NO3S/c1-10(18)8-11-4-2-3-7-17(11)21(19,20)12-5-6-13(15)14(16)9-12/h5-6,9,11H,2-4,7-8H2,1H3. The normalized spacial score (nSPS) is 20.4. The molecular weight excluding hydrogens is 300 g/mol. The van der Waals surface area contributed by atoms with Crippen molar-refractivity contribution < 1.29 is 22.0 Å². The van der Waals surface area contributed by atoms with Crippen LogP contribution < -0.4 is 0 Å². The molecule has 1 aliphatic heterocycles. The first-order valence-electron chi connectivity index (χ1n) is 6.78. The van der Waals surface area contributed by atoms with Gasteiger partial charge in [-0.2, -0.15) is 4.31 Å². The summed E-state index contributed by atoms with van der Waals surface area (Å²) in [6, 6.07) is 2.12. The van der Waals surface area contributed by atoms with E-state index in [2.05, 4.69) is 0 Å². The molecule has 0 N–H and O–H groups in total. The van der Waals surface area contributed by atoms with Crippen LogP contribution >= 0.6 is 0 Å². The molecule has 0 spiro atoms. The number of hydrogen-bond donors (Lipinski definition) is 0. The summed E-state index contributed by atoms with van der Waals surface area (Å²) in [5.41, 5.74) is 0. The van der Waals surface area contributed by atoms with Crippen molar-refractivity contribution in [2.24, 2.45) is 0 Å². The Morgan fingerprint density at radius 1 is 1.29 bits per heavy atom. The van der Waals surface area contributed by atoms with Gasteiger partial charge >= 0.3 is 0 Å². The topological polar surface area (TPSA) is 54.5 Å². The van der Waals surface area contributed by atoms with E-state index in [1.165, 1.54) is 11.2 Å². The summed E-state index contributed by atoms with van der Waals surface area (Å²) in [7, 11) is -3.92. The average molecular weight is 317 g/mol. The van der Waals surface area contributed by atoms with E-state index in [0.717, 1.165) is 18.6 Å². The molecule has 0 saturated carbocycles. The van der Waals surface area contributed by atoms with Gasteiger partial charge in [0.05, 0.1) is 4.90 Å². The first-order chi connectivity index (χ1) is 9.82. The Morgan fingerprint density at radius 2 is 2.00 bits per heavy atom. The highest BCUT2D eigenvalue weighted by atomic mass is 32.2. The van der Waals surface area contributed by atoms with E-state index >= 15 is 0 Å². The number of Topliss-reactive ketones (excluding diaryl/α,β-unsaturated/α-hetero) is 1. The van der Waals surface area contributed by atoms with E-state index in [-0.39, 0.29) is 17.1 Å². The van der Waals surface area contributed by atoms with Gasteiger partial charge in [0.25, 0.3) is 0 Å². The van der Waals surface area contributed by atoms with Crippen molar-refractivity contribution in [3.05, 3.63) is 29.8 Å². The number of ketones is 1. The fraction of sp³-hybridized carbons (Fsp3) is 0.500. The maximum Gasteiger partial charge on any atom is 0.243 e. The fourth-order valence-electron chi connectivity index (χ4n) is 2.60. The van der Waals surface area contributed by atoms with Gasteiger partial charge in [-0.05, 0) is 38.0 Å². The monoisotopic (exact) mass is 317 g/mol. The number of benzene rings is 1. The van der Waals surface area contributed by atoms with Crippen molar-refractivity contribution in [2.75, 3.05) is 6.54 Å². The third-order valence-electron chi connectivity index (χ3n) is 3.59. The summed E-state index contributed by atoms with van der Waals surface area (Å²) < 4.78 is 52.6. The molecule has 7 heteroatoms.